The number of fused-ring (bicyclic) bond motifs is 1. The van der Waals surface area contributed by atoms with Crippen molar-refractivity contribution in [3.8, 4) is 0 Å². The number of sulfonamides is 1. The number of rotatable bonds is 4. The van der Waals surface area contributed by atoms with Gasteiger partial charge in [-0.25, -0.2) is 8.42 Å². The van der Waals surface area contributed by atoms with Crippen LogP contribution in [-0.2, 0) is 15.8 Å². The van der Waals surface area contributed by atoms with E-state index in [-0.39, 0.29) is 11.8 Å². The Morgan fingerprint density at radius 3 is 2.70 bits per heavy atom. The third kappa shape index (κ3) is 2.50. The molecule has 3 atom stereocenters. The van der Waals surface area contributed by atoms with Gasteiger partial charge in [0.2, 0.25) is 10.0 Å². The molecule has 0 aliphatic carbocycles. The summed E-state index contributed by atoms with van der Waals surface area (Å²) in [6.45, 7) is 4.70. The predicted octanol–water partition coefficient (Wildman–Crippen LogP) is 1.45. The summed E-state index contributed by atoms with van der Waals surface area (Å²) in [6.07, 6.45) is 0.900. The molecule has 2 aliphatic rings. The Morgan fingerprint density at radius 1 is 1.25 bits per heavy atom. The maximum Gasteiger partial charge on any atom is 0.218 e. The summed E-state index contributed by atoms with van der Waals surface area (Å²) >= 11 is 0. The van der Waals surface area contributed by atoms with Crippen molar-refractivity contribution in [3.63, 3.8) is 0 Å². The van der Waals surface area contributed by atoms with Crippen LogP contribution in [-0.4, -0.2) is 38.4 Å². The van der Waals surface area contributed by atoms with Gasteiger partial charge < -0.3 is 5.32 Å². The van der Waals surface area contributed by atoms with Crippen molar-refractivity contribution in [2.45, 2.75) is 25.1 Å². The second-order valence-corrected chi connectivity index (χ2v) is 7.79. The number of hydrogen-bond donors (Lipinski definition) is 1. The van der Waals surface area contributed by atoms with Gasteiger partial charge in [0, 0.05) is 12.6 Å². The van der Waals surface area contributed by atoms with Gasteiger partial charge in [0.15, 0.2) is 0 Å². The largest absolute Gasteiger partial charge is 0.316 e. The average molecular weight is 294 g/mol. The normalized spacial score (nSPS) is 30.6. The van der Waals surface area contributed by atoms with Crippen LogP contribution in [0.1, 0.15) is 18.9 Å². The lowest BCUT2D eigenvalue weighted by Gasteiger charge is -2.26. The van der Waals surface area contributed by atoms with Crippen molar-refractivity contribution in [1.82, 2.24) is 9.62 Å². The molecule has 0 amide bonds. The van der Waals surface area contributed by atoms with Crippen LogP contribution in [0.3, 0.4) is 0 Å². The number of hydrogen-bond acceptors (Lipinski definition) is 3. The lowest BCUT2D eigenvalue weighted by Crippen LogP contribution is -2.40. The molecule has 2 aliphatic heterocycles. The van der Waals surface area contributed by atoms with E-state index < -0.39 is 10.0 Å². The fourth-order valence-electron chi connectivity index (χ4n) is 3.68. The number of nitrogens with one attached hydrogen (secondary N) is 1. The van der Waals surface area contributed by atoms with Crippen molar-refractivity contribution in [2.75, 3.05) is 19.6 Å². The third-order valence-corrected chi connectivity index (χ3v) is 6.47. The van der Waals surface area contributed by atoms with E-state index >= 15 is 0 Å². The van der Waals surface area contributed by atoms with Gasteiger partial charge in [-0.05, 0) is 36.9 Å². The molecule has 2 heterocycles. The molecule has 1 N–H and O–H groups in total. The fourth-order valence-corrected chi connectivity index (χ4v) is 5.59. The Hall–Kier alpha value is -0.910. The molecule has 0 aromatic heterocycles. The van der Waals surface area contributed by atoms with E-state index in [2.05, 4.69) is 12.2 Å². The lowest BCUT2D eigenvalue weighted by molar-refractivity contribution is 0.328. The minimum atomic E-state index is -3.21. The van der Waals surface area contributed by atoms with Crippen molar-refractivity contribution in [3.05, 3.63) is 35.9 Å². The van der Waals surface area contributed by atoms with E-state index in [1.54, 1.807) is 4.31 Å². The van der Waals surface area contributed by atoms with Crippen LogP contribution in [0.15, 0.2) is 30.3 Å². The maximum atomic E-state index is 12.7. The summed E-state index contributed by atoms with van der Waals surface area (Å²) in [4.78, 5) is 0. The highest BCUT2D eigenvalue weighted by molar-refractivity contribution is 7.88. The molecule has 1 aromatic rings. The Balaban J connectivity index is 1.81. The van der Waals surface area contributed by atoms with E-state index in [0.29, 0.717) is 18.4 Å². The highest BCUT2D eigenvalue weighted by Crippen LogP contribution is 2.36. The first kappa shape index (κ1) is 14.0. The molecule has 20 heavy (non-hydrogen) atoms. The highest BCUT2D eigenvalue weighted by atomic mass is 32.2. The SMILES string of the molecule is CCC1C2CNCC2CN1S(=O)(=O)Cc1ccccc1. The molecular formula is C15H22N2O2S. The predicted molar refractivity (Wildman–Crippen MR) is 79.7 cm³/mol. The molecule has 3 rings (SSSR count). The summed E-state index contributed by atoms with van der Waals surface area (Å²) in [5.41, 5.74) is 0.873. The van der Waals surface area contributed by atoms with Gasteiger partial charge in [-0.15, -0.1) is 0 Å². The molecule has 4 nitrogen and oxygen atoms in total. The molecule has 5 heteroatoms. The van der Waals surface area contributed by atoms with Crippen LogP contribution < -0.4 is 5.32 Å². The van der Waals surface area contributed by atoms with Crippen molar-refractivity contribution < 1.29 is 8.42 Å². The Bertz CT molecular complexity index is 558. The van der Waals surface area contributed by atoms with Gasteiger partial charge in [-0.2, -0.15) is 4.31 Å². The average Bonchev–Trinajstić information content (AvgIpc) is 2.99. The molecular weight excluding hydrogens is 272 g/mol. The van der Waals surface area contributed by atoms with E-state index in [1.165, 1.54) is 0 Å². The molecule has 2 saturated heterocycles. The Kier molecular flexibility index (Phi) is 3.84. The standard InChI is InChI=1S/C15H22N2O2S/c1-2-15-14-9-16-8-13(14)10-17(15)20(18,19)11-12-6-4-3-5-7-12/h3-7,13-16H,2,8-11H2,1H3. The van der Waals surface area contributed by atoms with Crippen molar-refractivity contribution >= 4 is 10.0 Å². The van der Waals surface area contributed by atoms with Gasteiger partial charge in [0.05, 0.1) is 5.75 Å². The van der Waals surface area contributed by atoms with Crippen LogP contribution in [0.25, 0.3) is 0 Å². The van der Waals surface area contributed by atoms with Gasteiger partial charge in [-0.1, -0.05) is 37.3 Å². The van der Waals surface area contributed by atoms with Gasteiger partial charge in [-0.3, -0.25) is 0 Å². The van der Waals surface area contributed by atoms with Crippen LogP contribution in [0, 0.1) is 11.8 Å². The molecule has 0 saturated carbocycles. The molecule has 3 unspecified atom stereocenters. The monoisotopic (exact) mass is 294 g/mol. The summed E-state index contributed by atoms with van der Waals surface area (Å²) in [6, 6.07) is 9.64. The molecule has 2 fully saturated rings. The summed E-state index contributed by atoms with van der Waals surface area (Å²) in [7, 11) is -3.21. The maximum absolute atomic E-state index is 12.7. The van der Waals surface area contributed by atoms with Gasteiger partial charge in [0.1, 0.15) is 0 Å². The van der Waals surface area contributed by atoms with Crippen LogP contribution in [0.2, 0.25) is 0 Å². The van der Waals surface area contributed by atoms with E-state index in [9.17, 15) is 8.42 Å². The number of nitrogens with zero attached hydrogens (tertiary/aromatic N) is 1. The molecule has 0 radical (unpaired) electrons. The van der Waals surface area contributed by atoms with Crippen LogP contribution >= 0.6 is 0 Å². The fraction of sp³-hybridized carbons (Fsp3) is 0.600. The first-order valence-electron chi connectivity index (χ1n) is 7.36. The first-order valence-corrected chi connectivity index (χ1v) is 8.97. The topological polar surface area (TPSA) is 49.4 Å². The zero-order valence-corrected chi connectivity index (χ0v) is 12.6. The molecule has 0 spiro atoms. The summed E-state index contributed by atoms with van der Waals surface area (Å²) in [5.74, 6) is 1.10. The van der Waals surface area contributed by atoms with Crippen molar-refractivity contribution in [1.29, 1.82) is 0 Å². The quantitative estimate of drug-likeness (QED) is 0.914. The summed E-state index contributed by atoms with van der Waals surface area (Å²) < 4.78 is 27.2. The smallest absolute Gasteiger partial charge is 0.218 e. The number of benzene rings is 1. The van der Waals surface area contributed by atoms with Crippen LogP contribution in [0.5, 0.6) is 0 Å². The Morgan fingerprint density at radius 2 is 2.00 bits per heavy atom. The molecule has 1 aromatic carbocycles. The van der Waals surface area contributed by atoms with Gasteiger partial charge >= 0.3 is 0 Å². The molecule has 110 valence electrons. The minimum Gasteiger partial charge on any atom is -0.316 e. The van der Waals surface area contributed by atoms with E-state index in [1.807, 2.05) is 30.3 Å². The van der Waals surface area contributed by atoms with E-state index in [4.69, 9.17) is 0 Å². The first-order chi connectivity index (χ1) is 9.62. The van der Waals surface area contributed by atoms with E-state index in [0.717, 1.165) is 25.1 Å². The summed E-state index contributed by atoms with van der Waals surface area (Å²) in [5, 5.41) is 3.39. The zero-order valence-electron chi connectivity index (χ0n) is 11.8. The third-order valence-electron chi connectivity index (χ3n) is 4.64. The second kappa shape index (κ2) is 5.47. The van der Waals surface area contributed by atoms with Crippen LogP contribution in [0.4, 0.5) is 0 Å². The zero-order chi connectivity index (χ0) is 14.2. The minimum absolute atomic E-state index is 0.122. The molecule has 0 bridgehead atoms. The van der Waals surface area contributed by atoms with Gasteiger partial charge in [0.25, 0.3) is 0 Å². The Labute approximate surface area is 121 Å². The lowest BCUT2D eigenvalue weighted by atomic mass is 9.93. The second-order valence-electron chi connectivity index (χ2n) is 5.87. The highest BCUT2D eigenvalue weighted by Gasteiger charge is 2.47. The van der Waals surface area contributed by atoms with Crippen molar-refractivity contribution in [2.24, 2.45) is 11.8 Å².